The summed E-state index contributed by atoms with van der Waals surface area (Å²) in [6.45, 7) is 0. The van der Waals surface area contributed by atoms with Gasteiger partial charge < -0.3 is 10.5 Å². The van der Waals surface area contributed by atoms with Crippen LogP contribution in [0, 0.1) is 0 Å². The van der Waals surface area contributed by atoms with E-state index in [2.05, 4.69) is 10.1 Å². The monoisotopic (exact) mass is 308 g/mol. The number of rotatable bonds is 4. The van der Waals surface area contributed by atoms with Crippen LogP contribution in [0.5, 0.6) is 5.75 Å². The van der Waals surface area contributed by atoms with Crippen LogP contribution in [0.3, 0.4) is 0 Å². The first kappa shape index (κ1) is 14.6. The van der Waals surface area contributed by atoms with Crippen molar-refractivity contribution in [1.29, 1.82) is 0 Å². The molecule has 0 atom stereocenters. The summed E-state index contributed by atoms with van der Waals surface area (Å²) in [5.74, 6) is 1.02. The number of benzene rings is 2. The molecule has 0 unspecified atom stereocenters. The Balaban J connectivity index is 1.93. The molecule has 0 spiro atoms. The van der Waals surface area contributed by atoms with Crippen molar-refractivity contribution in [2.45, 2.75) is 0 Å². The number of nitrogen functional groups attached to an aromatic ring is 1. The number of ether oxygens (including phenoxy) is 1. The van der Waals surface area contributed by atoms with Crippen LogP contribution in [0.2, 0.25) is 0 Å². The van der Waals surface area contributed by atoms with E-state index in [9.17, 15) is 4.79 Å². The summed E-state index contributed by atoms with van der Waals surface area (Å²) in [6.07, 6.45) is 1.47. The van der Waals surface area contributed by atoms with E-state index in [1.165, 1.54) is 10.9 Å². The zero-order valence-corrected chi connectivity index (χ0v) is 12.6. The molecule has 0 aliphatic heterocycles. The van der Waals surface area contributed by atoms with Gasteiger partial charge >= 0.3 is 0 Å². The second kappa shape index (κ2) is 6.23. The molecule has 6 heteroatoms. The van der Waals surface area contributed by atoms with E-state index in [-0.39, 0.29) is 11.4 Å². The number of nitrogens with two attached hydrogens (primary N) is 1. The average molecular weight is 308 g/mol. The maximum Gasteiger partial charge on any atom is 0.282 e. The molecular weight excluding hydrogens is 292 g/mol. The Bertz CT molecular complexity index is 877. The number of hydrogen-bond acceptors (Lipinski definition) is 4. The van der Waals surface area contributed by atoms with E-state index >= 15 is 0 Å². The first-order chi connectivity index (χ1) is 11.2. The molecule has 0 saturated carbocycles. The van der Waals surface area contributed by atoms with Crippen molar-refractivity contribution in [3.8, 4) is 11.4 Å². The Labute approximate surface area is 132 Å². The molecule has 0 fully saturated rings. The predicted octanol–water partition coefficient (Wildman–Crippen LogP) is 2.51. The number of nitrogens with zero attached hydrogens (tertiary/aromatic N) is 2. The number of hydrogen-bond donors (Lipinski definition) is 2. The van der Waals surface area contributed by atoms with Gasteiger partial charge in [-0.3, -0.25) is 14.9 Å². The molecule has 3 N–H and O–H groups in total. The smallest absolute Gasteiger partial charge is 0.282 e. The topological polar surface area (TPSA) is 85.4 Å². The third-order valence-corrected chi connectivity index (χ3v) is 3.39. The van der Waals surface area contributed by atoms with Crippen LogP contribution in [-0.2, 0) is 0 Å². The second-order valence-corrected chi connectivity index (χ2v) is 4.87. The molecule has 3 rings (SSSR count). The first-order valence-corrected chi connectivity index (χ1v) is 7.03. The number of aromatic nitrogens is 2. The van der Waals surface area contributed by atoms with Crippen molar-refractivity contribution in [3.63, 3.8) is 0 Å². The van der Waals surface area contributed by atoms with Gasteiger partial charge in [-0.25, -0.2) is 4.68 Å². The largest absolute Gasteiger partial charge is 0.497 e. The Kier molecular flexibility index (Phi) is 3.97. The second-order valence-electron chi connectivity index (χ2n) is 4.87. The van der Waals surface area contributed by atoms with E-state index in [4.69, 9.17) is 10.5 Å². The zero-order valence-electron chi connectivity index (χ0n) is 12.6. The van der Waals surface area contributed by atoms with Gasteiger partial charge in [0.1, 0.15) is 17.1 Å². The fourth-order valence-corrected chi connectivity index (χ4v) is 2.16. The maximum atomic E-state index is 12.5. The van der Waals surface area contributed by atoms with E-state index < -0.39 is 0 Å². The highest BCUT2D eigenvalue weighted by Crippen LogP contribution is 2.17. The van der Waals surface area contributed by atoms with Crippen LogP contribution >= 0.6 is 0 Å². The van der Waals surface area contributed by atoms with Gasteiger partial charge in [0.2, 0.25) is 0 Å². The number of aromatic amines is 1. The van der Waals surface area contributed by atoms with Crippen LogP contribution < -0.4 is 16.0 Å². The van der Waals surface area contributed by atoms with E-state index in [1.807, 2.05) is 30.3 Å². The quantitative estimate of drug-likeness (QED) is 0.726. The van der Waals surface area contributed by atoms with Crippen molar-refractivity contribution in [2.75, 3.05) is 12.8 Å². The maximum absolute atomic E-state index is 12.5. The van der Waals surface area contributed by atoms with Crippen LogP contribution in [-0.4, -0.2) is 23.1 Å². The lowest BCUT2D eigenvalue weighted by molar-refractivity contribution is 0.415. The van der Waals surface area contributed by atoms with E-state index in [0.29, 0.717) is 16.9 Å². The van der Waals surface area contributed by atoms with Gasteiger partial charge in [0, 0.05) is 6.21 Å². The number of aliphatic imine (C=N–C) groups is 1. The third-order valence-electron chi connectivity index (χ3n) is 3.39. The molecule has 0 aliphatic carbocycles. The fourth-order valence-electron chi connectivity index (χ4n) is 2.16. The Hall–Kier alpha value is -3.28. The molecule has 1 aromatic heterocycles. The number of anilines is 1. The number of methoxy groups -OCH3 is 1. The molecule has 23 heavy (non-hydrogen) atoms. The molecule has 1 heterocycles. The molecule has 0 bridgehead atoms. The summed E-state index contributed by atoms with van der Waals surface area (Å²) in [5, 5.41) is 2.85. The summed E-state index contributed by atoms with van der Waals surface area (Å²) in [6, 6.07) is 16.4. The minimum absolute atomic E-state index is 0.244. The molecule has 0 amide bonds. The average Bonchev–Trinajstić information content (AvgIpc) is 2.88. The normalized spacial score (nSPS) is 11.0. The van der Waals surface area contributed by atoms with Gasteiger partial charge in [0.25, 0.3) is 5.56 Å². The van der Waals surface area contributed by atoms with Crippen molar-refractivity contribution in [2.24, 2.45) is 4.99 Å². The lowest BCUT2D eigenvalue weighted by atomic mass is 10.3. The van der Waals surface area contributed by atoms with E-state index in [0.717, 1.165) is 5.75 Å². The fraction of sp³-hybridized carbons (Fsp3) is 0.0588. The van der Waals surface area contributed by atoms with Crippen LogP contribution in [0.1, 0.15) is 5.56 Å². The summed E-state index contributed by atoms with van der Waals surface area (Å²) in [5.41, 5.74) is 7.40. The molecule has 0 radical (unpaired) electrons. The highest BCUT2D eigenvalue weighted by Gasteiger charge is 2.10. The predicted molar refractivity (Wildman–Crippen MR) is 91.1 cm³/mol. The number of H-pyrrole nitrogens is 1. The summed E-state index contributed by atoms with van der Waals surface area (Å²) < 4.78 is 6.49. The molecular formula is C17H16N4O2. The van der Waals surface area contributed by atoms with Gasteiger partial charge in [-0.1, -0.05) is 18.2 Å². The lowest BCUT2D eigenvalue weighted by Gasteiger charge is -1.99. The highest BCUT2D eigenvalue weighted by atomic mass is 16.5. The van der Waals surface area contributed by atoms with Gasteiger partial charge in [0.05, 0.1) is 18.5 Å². The molecule has 0 saturated heterocycles. The number of para-hydroxylation sites is 1. The SMILES string of the molecule is COc1ccc(N=Cc2c(N)[nH]n(-c3ccccc3)c2=O)cc1. The van der Waals surface area contributed by atoms with Crippen molar-refractivity contribution >= 4 is 17.7 Å². The lowest BCUT2D eigenvalue weighted by Crippen LogP contribution is -2.17. The van der Waals surface area contributed by atoms with Crippen LogP contribution in [0.15, 0.2) is 64.4 Å². The highest BCUT2D eigenvalue weighted by molar-refractivity contribution is 5.87. The Morgan fingerprint density at radius 1 is 1.13 bits per heavy atom. The minimum atomic E-state index is -0.244. The van der Waals surface area contributed by atoms with Crippen LogP contribution in [0.4, 0.5) is 11.5 Å². The Morgan fingerprint density at radius 3 is 2.48 bits per heavy atom. The van der Waals surface area contributed by atoms with Crippen molar-refractivity contribution < 1.29 is 4.74 Å². The summed E-state index contributed by atoms with van der Waals surface area (Å²) >= 11 is 0. The molecule has 2 aromatic carbocycles. The van der Waals surface area contributed by atoms with Crippen LogP contribution in [0.25, 0.3) is 5.69 Å². The Morgan fingerprint density at radius 2 is 1.83 bits per heavy atom. The molecule has 3 aromatic rings. The van der Waals surface area contributed by atoms with Gasteiger partial charge in [-0.2, -0.15) is 0 Å². The standard InChI is InChI=1S/C17H16N4O2/c1-23-14-9-7-12(8-10-14)19-11-15-16(18)20-21(17(15)22)13-5-3-2-4-6-13/h2-11,20H,18H2,1H3. The zero-order chi connectivity index (χ0) is 16.2. The minimum Gasteiger partial charge on any atom is -0.497 e. The van der Waals surface area contributed by atoms with E-state index in [1.54, 1.807) is 31.4 Å². The molecule has 116 valence electrons. The first-order valence-electron chi connectivity index (χ1n) is 7.03. The summed E-state index contributed by atoms with van der Waals surface area (Å²) in [7, 11) is 1.60. The molecule has 0 aliphatic rings. The number of nitrogens with one attached hydrogen (secondary N) is 1. The van der Waals surface area contributed by atoms with Gasteiger partial charge in [-0.05, 0) is 36.4 Å². The molecule has 6 nitrogen and oxygen atoms in total. The van der Waals surface area contributed by atoms with Gasteiger partial charge in [0.15, 0.2) is 0 Å². The van der Waals surface area contributed by atoms with Gasteiger partial charge in [-0.15, -0.1) is 0 Å². The third kappa shape index (κ3) is 3.01. The van der Waals surface area contributed by atoms with Crippen molar-refractivity contribution in [1.82, 2.24) is 9.78 Å². The summed E-state index contributed by atoms with van der Waals surface area (Å²) in [4.78, 5) is 16.7. The van der Waals surface area contributed by atoms with Crippen molar-refractivity contribution in [3.05, 3.63) is 70.5 Å².